The Morgan fingerprint density at radius 1 is 1.29 bits per heavy atom. The first-order valence-corrected chi connectivity index (χ1v) is 8.58. The fourth-order valence-corrected chi connectivity index (χ4v) is 4.22. The van der Waals surface area contributed by atoms with Crippen LogP contribution >= 0.6 is 0 Å². The van der Waals surface area contributed by atoms with Gasteiger partial charge in [-0.05, 0) is 56.8 Å². The second kappa shape index (κ2) is 8.33. The topological polar surface area (TPSA) is 18.5 Å². The van der Waals surface area contributed by atoms with Crippen molar-refractivity contribution in [3.63, 3.8) is 0 Å². The average Bonchev–Trinajstić information content (AvgIpc) is 2.46. The molecule has 1 aliphatic rings. The van der Waals surface area contributed by atoms with Gasteiger partial charge >= 0.3 is 0 Å². The molecule has 0 aromatic heterocycles. The normalized spacial score (nSPS) is 34.5. The molecule has 5 unspecified atom stereocenters. The van der Waals surface area contributed by atoms with Gasteiger partial charge in [-0.2, -0.15) is 0 Å². The van der Waals surface area contributed by atoms with Crippen molar-refractivity contribution in [1.29, 1.82) is 0 Å². The molecule has 124 valence electrons. The van der Waals surface area contributed by atoms with E-state index in [1.807, 2.05) is 14.2 Å². The van der Waals surface area contributed by atoms with Crippen LogP contribution in [0.4, 0.5) is 0 Å². The number of allylic oxidation sites excluding steroid dienone is 2. The Morgan fingerprint density at radius 2 is 1.95 bits per heavy atom. The lowest BCUT2D eigenvalue weighted by atomic mass is 9.59. The molecule has 0 heterocycles. The van der Waals surface area contributed by atoms with E-state index in [-0.39, 0.29) is 12.2 Å². The van der Waals surface area contributed by atoms with Crippen LogP contribution < -0.4 is 0 Å². The summed E-state index contributed by atoms with van der Waals surface area (Å²) in [4.78, 5) is 0. The maximum atomic E-state index is 5.91. The van der Waals surface area contributed by atoms with Crippen molar-refractivity contribution in [2.24, 2.45) is 17.3 Å². The molecular weight excluding hydrogens is 260 g/mol. The number of hydrogen-bond acceptors (Lipinski definition) is 2. The van der Waals surface area contributed by atoms with Crippen LogP contribution in [0, 0.1) is 17.3 Å². The summed E-state index contributed by atoms with van der Waals surface area (Å²) in [6.07, 6.45) is 8.85. The molecule has 1 rings (SSSR count). The molecule has 0 saturated heterocycles. The molecule has 5 atom stereocenters. The lowest BCUT2D eigenvalue weighted by molar-refractivity contribution is -0.145. The molecule has 2 nitrogen and oxygen atoms in total. The van der Waals surface area contributed by atoms with Crippen molar-refractivity contribution in [2.75, 3.05) is 14.2 Å². The van der Waals surface area contributed by atoms with Crippen LogP contribution in [-0.4, -0.2) is 26.4 Å². The maximum absolute atomic E-state index is 5.91. The monoisotopic (exact) mass is 296 g/mol. The minimum atomic E-state index is 0.232. The van der Waals surface area contributed by atoms with Crippen LogP contribution in [0.25, 0.3) is 0 Å². The Labute approximate surface area is 132 Å². The predicted octanol–water partition coefficient (Wildman–Crippen LogP) is 5.23. The summed E-state index contributed by atoms with van der Waals surface area (Å²) < 4.78 is 11.6. The van der Waals surface area contributed by atoms with E-state index < -0.39 is 0 Å². The first kappa shape index (κ1) is 18.7. The van der Waals surface area contributed by atoms with Crippen LogP contribution in [0.5, 0.6) is 0 Å². The largest absolute Gasteiger partial charge is 0.379 e. The van der Waals surface area contributed by atoms with E-state index in [0.717, 1.165) is 6.42 Å². The highest BCUT2D eigenvalue weighted by molar-refractivity contribution is 4.99. The van der Waals surface area contributed by atoms with Gasteiger partial charge in [0.2, 0.25) is 0 Å². The van der Waals surface area contributed by atoms with E-state index in [1.54, 1.807) is 0 Å². The second-order valence-corrected chi connectivity index (χ2v) is 7.38. The summed E-state index contributed by atoms with van der Waals surface area (Å²) in [6, 6.07) is 0. The number of ether oxygens (including phenoxy) is 2. The van der Waals surface area contributed by atoms with Gasteiger partial charge in [0, 0.05) is 14.2 Å². The van der Waals surface area contributed by atoms with Gasteiger partial charge in [-0.3, -0.25) is 0 Å². The lowest BCUT2D eigenvalue weighted by Gasteiger charge is -2.51. The molecule has 0 amide bonds. The van der Waals surface area contributed by atoms with Gasteiger partial charge in [0.15, 0.2) is 0 Å². The summed E-state index contributed by atoms with van der Waals surface area (Å²) in [5, 5.41) is 0. The Hall–Kier alpha value is -0.340. The fourth-order valence-electron chi connectivity index (χ4n) is 4.22. The third-order valence-corrected chi connectivity index (χ3v) is 5.70. The van der Waals surface area contributed by atoms with Gasteiger partial charge in [0.1, 0.15) is 0 Å². The lowest BCUT2D eigenvalue weighted by Crippen LogP contribution is -2.51. The molecule has 2 heteroatoms. The zero-order valence-corrected chi connectivity index (χ0v) is 15.2. The summed E-state index contributed by atoms with van der Waals surface area (Å²) >= 11 is 0. The quantitative estimate of drug-likeness (QED) is 0.599. The third-order valence-electron chi connectivity index (χ3n) is 5.70. The SMILES string of the molecule is CCC1(C)CCC(OC)C(OC)C1C(C)CCC=C(C)C. The molecule has 0 aromatic rings. The van der Waals surface area contributed by atoms with E-state index >= 15 is 0 Å². The van der Waals surface area contributed by atoms with Crippen LogP contribution in [-0.2, 0) is 9.47 Å². The average molecular weight is 296 g/mol. The molecular formula is C19H36O2. The molecule has 0 N–H and O–H groups in total. The minimum Gasteiger partial charge on any atom is -0.379 e. The summed E-state index contributed by atoms with van der Waals surface area (Å²) in [6.45, 7) is 11.5. The Kier molecular flexibility index (Phi) is 7.42. The van der Waals surface area contributed by atoms with Crippen molar-refractivity contribution < 1.29 is 9.47 Å². The zero-order chi connectivity index (χ0) is 16.0. The zero-order valence-electron chi connectivity index (χ0n) is 15.2. The molecule has 1 fully saturated rings. The highest BCUT2D eigenvalue weighted by atomic mass is 16.5. The number of hydrogen-bond donors (Lipinski definition) is 0. The van der Waals surface area contributed by atoms with E-state index in [1.165, 1.54) is 31.3 Å². The van der Waals surface area contributed by atoms with Crippen molar-refractivity contribution in [2.45, 2.75) is 78.9 Å². The van der Waals surface area contributed by atoms with Crippen molar-refractivity contribution >= 4 is 0 Å². The van der Waals surface area contributed by atoms with Crippen LogP contribution in [0.2, 0.25) is 0 Å². The van der Waals surface area contributed by atoms with Gasteiger partial charge in [-0.15, -0.1) is 0 Å². The number of methoxy groups -OCH3 is 2. The van der Waals surface area contributed by atoms with E-state index in [0.29, 0.717) is 17.3 Å². The molecule has 21 heavy (non-hydrogen) atoms. The summed E-state index contributed by atoms with van der Waals surface area (Å²) in [5.74, 6) is 1.24. The molecule has 0 spiro atoms. The van der Waals surface area contributed by atoms with Gasteiger partial charge in [0.05, 0.1) is 12.2 Å². The predicted molar refractivity (Wildman–Crippen MR) is 90.5 cm³/mol. The molecule has 1 saturated carbocycles. The summed E-state index contributed by atoms with van der Waals surface area (Å²) in [5.41, 5.74) is 1.79. The Balaban J connectivity index is 2.89. The highest BCUT2D eigenvalue weighted by Crippen LogP contribution is 2.49. The van der Waals surface area contributed by atoms with Crippen molar-refractivity contribution in [3.8, 4) is 0 Å². The van der Waals surface area contributed by atoms with Crippen molar-refractivity contribution in [3.05, 3.63) is 11.6 Å². The van der Waals surface area contributed by atoms with Gasteiger partial charge in [0.25, 0.3) is 0 Å². The van der Waals surface area contributed by atoms with Gasteiger partial charge in [-0.1, -0.05) is 38.8 Å². The van der Waals surface area contributed by atoms with Gasteiger partial charge < -0.3 is 9.47 Å². The smallest absolute Gasteiger partial charge is 0.0868 e. The van der Waals surface area contributed by atoms with E-state index in [4.69, 9.17) is 9.47 Å². The van der Waals surface area contributed by atoms with E-state index in [9.17, 15) is 0 Å². The second-order valence-electron chi connectivity index (χ2n) is 7.38. The van der Waals surface area contributed by atoms with Crippen LogP contribution in [0.3, 0.4) is 0 Å². The van der Waals surface area contributed by atoms with Crippen LogP contribution in [0.1, 0.15) is 66.7 Å². The Bertz CT molecular complexity index is 332. The van der Waals surface area contributed by atoms with Crippen LogP contribution in [0.15, 0.2) is 11.6 Å². The summed E-state index contributed by atoms with van der Waals surface area (Å²) in [7, 11) is 3.68. The highest BCUT2D eigenvalue weighted by Gasteiger charge is 2.48. The van der Waals surface area contributed by atoms with E-state index in [2.05, 4.69) is 40.7 Å². The molecule has 0 aliphatic heterocycles. The first-order chi connectivity index (χ1) is 9.89. The standard InChI is InChI=1S/C19H36O2/c1-8-19(5)13-12-16(20-6)18(21-7)17(19)15(4)11-9-10-14(2)3/h10,15-18H,8-9,11-13H2,1-7H3. The van der Waals surface area contributed by atoms with Gasteiger partial charge in [-0.25, -0.2) is 0 Å². The first-order valence-electron chi connectivity index (χ1n) is 8.58. The Morgan fingerprint density at radius 3 is 2.43 bits per heavy atom. The molecule has 0 radical (unpaired) electrons. The van der Waals surface area contributed by atoms with Crippen molar-refractivity contribution in [1.82, 2.24) is 0 Å². The number of rotatable bonds is 7. The minimum absolute atomic E-state index is 0.232. The molecule has 0 bridgehead atoms. The molecule has 0 aromatic carbocycles. The molecule has 1 aliphatic carbocycles. The fraction of sp³-hybridized carbons (Fsp3) is 0.895. The maximum Gasteiger partial charge on any atom is 0.0868 e. The third kappa shape index (κ3) is 4.56.